The number of hydrogen-bond donors (Lipinski definition) is 1. The highest BCUT2D eigenvalue weighted by molar-refractivity contribution is 5.77. The van der Waals surface area contributed by atoms with E-state index in [-0.39, 0.29) is 19.1 Å². The maximum atomic E-state index is 10.9. The molecule has 1 rings (SSSR count). The van der Waals surface area contributed by atoms with Crippen molar-refractivity contribution in [3.63, 3.8) is 0 Å². The SMILES string of the molecule is CC.O=C1COCCN1CCO. The number of amides is 1. The lowest BCUT2D eigenvalue weighted by molar-refractivity contribution is -0.143. The number of rotatable bonds is 2. The van der Waals surface area contributed by atoms with E-state index in [9.17, 15) is 4.79 Å². The average Bonchev–Trinajstić information content (AvgIpc) is 2.13. The van der Waals surface area contributed by atoms with Gasteiger partial charge < -0.3 is 14.7 Å². The summed E-state index contributed by atoms with van der Waals surface area (Å²) in [5.41, 5.74) is 0. The zero-order valence-corrected chi connectivity index (χ0v) is 7.75. The van der Waals surface area contributed by atoms with Crippen molar-refractivity contribution >= 4 is 5.91 Å². The van der Waals surface area contributed by atoms with Crippen LogP contribution in [0.15, 0.2) is 0 Å². The van der Waals surface area contributed by atoms with E-state index in [1.54, 1.807) is 4.90 Å². The Morgan fingerprint density at radius 2 is 2.25 bits per heavy atom. The van der Waals surface area contributed by atoms with Gasteiger partial charge in [0, 0.05) is 13.1 Å². The lowest BCUT2D eigenvalue weighted by atomic mass is 10.4. The van der Waals surface area contributed by atoms with Gasteiger partial charge in [0.2, 0.25) is 5.91 Å². The number of aliphatic hydroxyl groups excluding tert-OH is 1. The van der Waals surface area contributed by atoms with Crippen molar-refractivity contribution in [1.29, 1.82) is 0 Å². The minimum Gasteiger partial charge on any atom is -0.395 e. The van der Waals surface area contributed by atoms with Crippen molar-refractivity contribution in [3.8, 4) is 0 Å². The number of carbonyl (C=O) groups excluding carboxylic acids is 1. The van der Waals surface area contributed by atoms with Crippen LogP contribution in [0, 0.1) is 0 Å². The molecule has 1 fully saturated rings. The molecule has 12 heavy (non-hydrogen) atoms. The van der Waals surface area contributed by atoms with E-state index >= 15 is 0 Å². The van der Waals surface area contributed by atoms with E-state index in [2.05, 4.69) is 0 Å². The fourth-order valence-corrected chi connectivity index (χ4v) is 0.907. The summed E-state index contributed by atoms with van der Waals surface area (Å²) in [6.45, 7) is 5.83. The molecular formula is C8H17NO3. The fraction of sp³-hybridized carbons (Fsp3) is 0.875. The molecule has 4 nitrogen and oxygen atoms in total. The third-order valence-electron chi connectivity index (χ3n) is 1.45. The number of morpholine rings is 1. The van der Waals surface area contributed by atoms with Crippen LogP contribution < -0.4 is 0 Å². The molecule has 0 aromatic heterocycles. The van der Waals surface area contributed by atoms with Gasteiger partial charge >= 0.3 is 0 Å². The summed E-state index contributed by atoms with van der Waals surface area (Å²) >= 11 is 0. The van der Waals surface area contributed by atoms with Gasteiger partial charge in [0.25, 0.3) is 0 Å². The first kappa shape index (κ1) is 11.4. The quantitative estimate of drug-likeness (QED) is 0.635. The van der Waals surface area contributed by atoms with Gasteiger partial charge in [-0.25, -0.2) is 0 Å². The van der Waals surface area contributed by atoms with Crippen LogP contribution in [-0.2, 0) is 9.53 Å². The Bertz CT molecular complexity index is 125. The summed E-state index contributed by atoms with van der Waals surface area (Å²) in [5.74, 6) is -0.0275. The van der Waals surface area contributed by atoms with Crippen LogP contribution in [0.4, 0.5) is 0 Å². The third-order valence-corrected chi connectivity index (χ3v) is 1.45. The summed E-state index contributed by atoms with van der Waals surface area (Å²) in [6.07, 6.45) is 0. The zero-order chi connectivity index (χ0) is 9.40. The number of β-amino-alcohol motifs (C(OH)–C–C–N with tert-alkyl or cyclic N) is 1. The number of aliphatic hydroxyl groups is 1. The summed E-state index contributed by atoms with van der Waals surface area (Å²) in [5, 5.41) is 8.50. The highest BCUT2D eigenvalue weighted by Crippen LogP contribution is 1.96. The van der Waals surface area contributed by atoms with Gasteiger partial charge in [-0.05, 0) is 0 Å². The van der Waals surface area contributed by atoms with Gasteiger partial charge in [-0.1, -0.05) is 13.8 Å². The molecule has 0 atom stereocenters. The molecule has 0 bridgehead atoms. The first-order valence-corrected chi connectivity index (χ1v) is 4.31. The average molecular weight is 175 g/mol. The first-order valence-electron chi connectivity index (χ1n) is 4.31. The lowest BCUT2D eigenvalue weighted by Gasteiger charge is -2.25. The topological polar surface area (TPSA) is 49.8 Å². The molecule has 1 aliphatic rings. The van der Waals surface area contributed by atoms with Gasteiger partial charge in [-0.2, -0.15) is 0 Å². The smallest absolute Gasteiger partial charge is 0.248 e. The molecule has 1 aliphatic heterocycles. The fourth-order valence-electron chi connectivity index (χ4n) is 0.907. The Morgan fingerprint density at radius 3 is 2.75 bits per heavy atom. The predicted molar refractivity (Wildman–Crippen MR) is 45.8 cm³/mol. The molecule has 1 saturated heterocycles. The maximum Gasteiger partial charge on any atom is 0.248 e. The number of carbonyl (C=O) groups is 1. The summed E-state index contributed by atoms with van der Waals surface area (Å²) < 4.78 is 4.89. The van der Waals surface area contributed by atoms with E-state index in [0.717, 1.165) is 0 Å². The van der Waals surface area contributed by atoms with Crippen LogP contribution in [0.25, 0.3) is 0 Å². The Labute approximate surface area is 73.1 Å². The zero-order valence-electron chi connectivity index (χ0n) is 7.75. The van der Waals surface area contributed by atoms with E-state index in [1.807, 2.05) is 13.8 Å². The molecule has 0 aliphatic carbocycles. The van der Waals surface area contributed by atoms with Crippen LogP contribution in [0.1, 0.15) is 13.8 Å². The van der Waals surface area contributed by atoms with Crippen LogP contribution in [0.2, 0.25) is 0 Å². The van der Waals surface area contributed by atoms with E-state index in [0.29, 0.717) is 19.7 Å². The molecule has 0 aromatic rings. The Hall–Kier alpha value is -0.610. The second-order valence-corrected chi connectivity index (χ2v) is 2.16. The van der Waals surface area contributed by atoms with Crippen molar-refractivity contribution in [3.05, 3.63) is 0 Å². The molecule has 4 heteroatoms. The lowest BCUT2D eigenvalue weighted by Crippen LogP contribution is -2.42. The normalized spacial score (nSPS) is 16.9. The predicted octanol–water partition coefficient (Wildman–Crippen LogP) is -0.136. The van der Waals surface area contributed by atoms with Crippen LogP contribution in [0.3, 0.4) is 0 Å². The molecule has 0 saturated carbocycles. The monoisotopic (exact) mass is 175 g/mol. The van der Waals surface area contributed by atoms with Crippen molar-refractivity contribution in [2.75, 3.05) is 32.9 Å². The van der Waals surface area contributed by atoms with Gasteiger partial charge in [-0.3, -0.25) is 4.79 Å². The number of hydrogen-bond acceptors (Lipinski definition) is 3. The van der Waals surface area contributed by atoms with E-state index in [1.165, 1.54) is 0 Å². The minimum atomic E-state index is -0.0275. The second kappa shape index (κ2) is 7.06. The maximum absolute atomic E-state index is 10.9. The van der Waals surface area contributed by atoms with Crippen molar-refractivity contribution < 1.29 is 14.6 Å². The van der Waals surface area contributed by atoms with E-state index < -0.39 is 0 Å². The molecule has 0 aromatic carbocycles. The Kier molecular flexibility index (Phi) is 6.70. The van der Waals surface area contributed by atoms with Crippen LogP contribution in [-0.4, -0.2) is 48.8 Å². The first-order chi connectivity index (χ1) is 5.84. The molecule has 0 radical (unpaired) electrons. The molecule has 1 heterocycles. The van der Waals surface area contributed by atoms with Gasteiger partial charge in [-0.15, -0.1) is 0 Å². The minimum absolute atomic E-state index is 0.0275. The molecule has 72 valence electrons. The van der Waals surface area contributed by atoms with Gasteiger partial charge in [0.15, 0.2) is 0 Å². The van der Waals surface area contributed by atoms with Crippen molar-refractivity contribution in [2.45, 2.75) is 13.8 Å². The Morgan fingerprint density at radius 1 is 1.58 bits per heavy atom. The summed E-state index contributed by atoms with van der Waals surface area (Å²) in [6, 6.07) is 0. The largest absolute Gasteiger partial charge is 0.395 e. The third kappa shape index (κ3) is 3.69. The molecule has 0 spiro atoms. The van der Waals surface area contributed by atoms with Crippen molar-refractivity contribution in [2.24, 2.45) is 0 Å². The number of nitrogens with zero attached hydrogens (tertiary/aromatic N) is 1. The second-order valence-electron chi connectivity index (χ2n) is 2.16. The standard InChI is InChI=1S/C6H11NO3.C2H6/c8-3-1-7-2-4-10-5-6(7)9;1-2/h8H,1-5H2;1-2H3. The van der Waals surface area contributed by atoms with E-state index in [4.69, 9.17) is 9.84 Å². The van der Waals surface area contributed by atoms with Crippen LogP contribution in [0.5, 0.6) is 0 Å². The molecule has 1 amide bonds. The van der Waals surface area contributed by atoms with Crippen LogP contribution >= 0.6 is 0 Å². The molecule has 0 unspecified atom stereocenters. The Balaban J connectivity index is 0.000000561. The van der Waals surface area contributed by atoms with Gasteiger partial charge in [0.05, 0.1) is 13.2 Å². The summed E-state index contributed by atoms with van der Waals surface area (Å²) in [4.78, 5) is 12.5. The van der Waals surface area contributed by atoms with Gasteiger partial charge in [0.1, 0.15) is 6.61 Å². The highest BCUT2D eigenvalue weighted by atomic mass is 16.5. The highest BCUT2D eigenvalue weighted by Gasteiger charge is 2.16. The molecular weight excluding hydrogens is 158 g/mol. The molecule has 1 N–H and O–H groups in total. The number of ether oxygens (including phenoxy) is 1. The van der Waals surface area contributed by atoms with Crippen molar-refractivity contribution in [1.82, 2.24) is 4.90 Å². The summed E-state index contributed by atoms with van der Waals surface area (Å²) in [7, 11) is 0.